The summed E-state index contributed by atoms with van der Waals surface area (Å²) in [5.41, 5.74) is 5.57. The van der Waals surface area contributed by atoms with E-state index >= 15 is 0 Å². The Hall–Kier alpha value is -1.12. The van der Waals surface area contributed by atoms with Crippen LogP contribution in [0.2, 0.25) is 0 Å². The van der Waals surface area contributed by atoms with Gasteiger partial charge in [-0.15, -0.1) is 0 Å². The normalized spacial score (nSPS) is 20.6. The van der Waals surface area contributed by atoms with Gasteiger partial charge < -0.3 is 15.0 Å². The van der Waals surface area contributed by atoms with Crippen molar-refractivity contribution in [1.82, 2.24) is 14.3 Å². The van der Waals surface area contributed by atoms with Crippen LogP contribution in [0.25, 0.3) is 0 Å². The maximum atomic E-state index is 12.1. The number of aryl methyl sites for hydroxylation is 1. The Balaban J connectivity index is 1.91. The minimum atomic E-state index is -3.61. The van der Waals surface area contributed by atoms with Gasteiger partial charge in [-0.25, -0.2) is 18.1 Å². The monoisotopic (exact) mass is 288 g/mol. The summed E-state index contributed by atoms with van der Waals surface area (Å²) in [6.07, 6.45) is 5.45. The first-order valence-electron chi connectivity index (χ1n) is 6.39. The highest BCUT2D eigenvalue weighted by Crippen LogP contribution is 2.17. The van der Waals surface area contributed by atoms with E-state index < -0.39 is 10.0 Å². The van der Waals surface area contributed by atoms with Crippen LogP contribution in [-0.2, 0) is 21.8 Å². The van der Waals surface area contributed by atoms with E-state index in [1.165, 1.54) is 10.9 Å². The summed E-state index contributed by atoms with van der Waals surface area (Å²) in [5, 5.41) is 0.0112. The van der Waals surface area contributed by atoms with Gasteiger partial charge in [0.25, 0.3) is 10.0 Å². The smallest absolute Gasteiger partial charge is 0.260 e. The number of rotatable bonds is 5. The number of hydrogen-bond acceptors (Lipinski definition) is 5. The lowest BCUT2D eigenvalue weighted by Crippen LogP contribution is -2.30. The van der Waals surface area contributed by atoms with E-state index in [9.17, 15) is 8.42 Å². The highest BCUT2D eigenvalue weighted by Gasteiger charge is 2.22. The van der Waals surface area contributed by atoms with Gasteiger partial charge in [0.1, 0.15) is 0 Å². The largest absolute Gasteiger partial charge is 0.381 e. The molecule has 8 heteroatoms. The van der Waals surface area contributed by atoms with Gasteiger partial charge in [0, 0.05) is 20.2 Å². The molecule has 1 atom stereocenters. The molecule has 0 bridgehead atoms. The molecule has 0 saturated carbocycles. The van der Waals surface area contributed by atoms with E-state index in [1.54, 1.807) is 7.05 Å². The van der Waals surface area contributed by atoms with Crippen LogP contribution in [0.3, 0.4) is 0 Å². The zero-order valence-electron chi connectivity index (χ0n) is 11.0. The first-order chi connectivity index (χ1) is 9.00. The van der Waals surface area contributed by atoms with Crippen molar-refractivity contribution in [3.05, 3.63) is 6.33 Å². The number of sulfonamides is 1. The predicted octanol–water partition coefficient (Wildman–Crippen LogP) is 0.240. The Bertz CT molecular complexity index is 501. The van der Waals surface area contributed by atoms with Crippen LogP contribution in [0.4, 0.5) is 5.82 Å². The molecule has 1 unspecified atom stereocenters. The fourth-order valence-corrected chi connectivity index (χ4v) is 3.50. The lowest BCUT2D eigenvalue weighted by molar-refractivity contribution is 0.0123. The summed E-state index contributed by atoms with van der Waals surface area (Å²) < 4.78 is 33.7. The van der Waals surface area contributed by atoms with Crippen LogP contribution in [0.5, 0.6) is 0 Å². The summed E-state index contributed by atoms with van der Waals surface area (Å²) in [4.78, 5) is 3.78. The minimum Gasteiger partial charge on any atom is -0.381 e. The SMILES string of the molecule is Cn1cnc(N)c1S(=O)(=O)NCCC1CCCCO1. The quantitative estimate of drug-likeness (QED) is 0.808. The van der Waals surface area contributed by atoms with E-state index in [-0.39, 0.29) is 16.9 Å². The van der Waals surface area contributed by atoms with Crippen LogP contribution < -0.4 is 10.5 Å². The Morgan fingerprint density at radius 2 is 2.37 bits per heavy atom. The second-order valence-electron chi connectivity index (χ2n) is 4.72. The average Bonchev–Trinajstić information content (AvgIpc) is 2.70. The number of aromatic nitrogens is 2. The van der Waals surface area contributed by atoms with Crippen molar-refractivity contribution in [2.45, 2.75) is 36.8 Å². The molecule has 1 aliphatic rings. The number of nitrogens with zero attached hydrogens (tertiary/aromatic N) is 2. The van der Waals surface area contributed by atoms with E-state index in [0.29, 0.717) is 13.0 Å². The number of imidazole rings is 1. The molecule has 0 radical (unpaired) electrons. The zero-order valence-corrected chi connectivity index (χ0v) is 11.8. The van der Waals surface area contributed by atoms with Crippen molar-refractivity contribution in [2.75, 3.05) is 18.9 Å². The second kappa shape index (κ2) is 5.89. The van der Waals surface area contributed by atoms with Gasteiger partial charge in [0.15, 0.2) is 10.8 Å². The standard InChI is InChI=1S/C11H20N4O3S/c1-15-8-13-10(12)11(15)19(16,17)14-6-5-9-4-2-3-7-18-9/h8-9,14H,2-7,12H2,1H3. The third kappa shape index (κ3) is 3.46. The summed E-state index contributed by atoms with van der Waals surface area (Å²) in [5.74, 6) is 0.0175. The molecule has 7 nitrogen and oxygen atoms in total. The maximum absolute atomic E-state index is 12.1. The van der Waals surface area contributed by atoms with Gasteiger partial charge in [0.05, 0.1) is 12.4 Å². The first-order valence-corrected chi connectivity index (χ1v) is 7.87. The van der Waals surface area contributed by atoms with E-state index in [0.717, 1.165) is 25.9 Å². The van der Waals surface area contributed by atoms with Gasteiger partial charge >= 0.3 is 0 Å². The van der Waals surface area contributed by atoms with Gasteiger partial charge in [-0.05, 0) is 25.7 Å². The van der Waals surface area contributed by atoms with Crippen LogP contribution in [0.1, 0.15) is 25.7 Å². The van der Waals surface area contributed by atoms with E-state index in [2.05, 4.69) is 9.71 Å². The van der Waals surface area contributed by atoms with Gasteiger partial charge in [-0.1, -0.05) is 0 Å². The van der Waals surface area contributed by atoms with E-state index in [4.69, 9.17) is 10.5 Å². The molecule has 0 amide bonds. The first kappa shape index (κ1) is 14.3. The van der Waals surface area contributed by atoms with Crippen molar-refractivity contribution in [2.24, 2.45) is 7.05 Å². The summed E-state index contributed by atoms with van der Waals surface area (Å²) in [6.45, 7) is 1.11. The maximum Gasteiger partial charge on any atom is 0.260 e. The lowest BCUT2D eigenvalue weighted by atomic mass is 10.1. The molecule has 1 fully saturated rings. The Morgan fingerprint density at radius 1 is 1.58 bits per heavy atom. The molecular weight excluding hydrogens is 268 g/mol. The van der Waals surface area contributed by atoms with Crippen LogP contribution in [0.15, 0.2) is 11.4 Å². The van der Waals surface area contributed by atoms with Gasteiger partial charge in [-0.2, -0.15) is 0 Å². The number of nitrogen functional groups attached to an aromatic ring is 1. The Morgan fingerprint density at radius 3 is 2.95 bits per heavy atom. The minimum absolute atomic E-state index is 0.0112. The molecule has 0 aromatic carbocycles. The molecule has 2 heterocycles. The summed E-state index contributed by atoms with van der Waals surface area (Å²) in [7, 11) is -2.01. The molecule has 1 saturated heterocycles. The van der Waals surface area contributed by atoms with Crippen molar-refractivity contribution in [1.29, 1.82) is 0 Å². The highest BCUT2D eigenvalue weighted by molar-refractivity contribution is 7.89. The summed E-state index contributed by atoms with van der Waals surface area (Å²) in [6, 6.07) is 0. The third-order valence-corrected chi connectivity index (χ3v) is 4.79. The predicted molar refractivity (Wildman–Crippen MR) is 71.0 cm³/mol. The number of nitrogens with one attached hydrogen (secondary N) is 1. The average molecular weight is 288 g/mol. The molecule has 19 heavy (non-hydrogen) atoms. The molecule has 0 spiro atoms. The Labute approximate surface area is 113 Å². The topological polar surface area (TPSA) is 99.2 Å². The van der Waals surface area contributed by atoms with Crippen molar-refractivity contribution >= 4 is 15.8 Å². The molecule has 2 rings (SSSR count). The molecule has 1 aromatic rings. The molecule has 3 N–H and O–H groups in total. The number of ether oxygens (including phenoxy) is 1. The van der Waals surface area contributed by atoms with Crippen molar-refractivity contribution in [3.8, 4) is 0 Å². The van der Waals surface area contributed by atoms with Gasteiger partial charge in [-0.3, -0.25) is 0 Å². The summed E-state index contributed by atoms with van der Waals surface area (Å²) >= 11 is 0. The molecule has 108 valence electrons. The van der Waals surface area contributed by atoms with Crippen LogP contribution in [-0.4, -0.2) is 37.2 Å². The van der Waals surface area contributed by atoms with Crippen LogP contribution in [0, 0.1) is 0 Å². The molecule has 0 aliphatic carbocycles. The second-order valence-corrected chi connectivity index (χ2v) is 6.40. The molecule has 1 aromatic heterocycles. The Kier molecular flexibility index (Phi) is 4.43. The lowest BCUT2D eigenvalue weighted by Gasteiger charge is -2.22. The van der Waals surface area contributed by atoms with Crippen molar-refractivity contribution in [3.63, 3.8) is 0 Å². The van der Waals surface area contributed by atoms with Crippen LogP contribution >= 0.6 is 0 Å². The number of anilines is 1. The van der Waals surface area contributed by atoms with Crippen molar-refractivity contribution < 1.29 is 13.2 Å². The highest BCUT2D eigenvalue weighted by atomic mass is 32.2. The molecule has 1 aliphatic heterocycles. The third-order valence-electron chi connectivity index (χ3n) is 3.20. The zero-order chi connectivity index (χ0) is 13.9. The fourth-order valence-electron chi connectivity index (χ4n) is 2.22. The number of hydrogen-bond donors (Lipinski definition) is 2. The molecular formula is C11H20N4O3S. The van der Waals surface area contributed by atoms with E-state index in [1.807, 2.05) is 0 Å². The number of nitrogens with two attached hydrogens (primary N) is 1. The van der Waals surface area contributed by atoms with Gasteiger partial charge in [0.2, 0.25) is 0 Å². The fraction of sp³-hybridized carbons (Fsp3) is 0.727.